The number of anilines is 2. The van der Waals surface area contributed by atoms with Gasteiger partial charge in [0.25, 0.3) is 0 Å². The second-order valence-corrected chi connectivity index (χ2v) is 5.18. The SMILES string of the molecule is COc1ccccc1Oc1ncnc(Nc2cccc(C)n2)c1[N+](=O)[O-]. The highest BCUT2D eigenvalue weighted by molar-refractivity contribution is 5.67. The van der Waals surface area contributed by atoms with Crippen LogP contribution in [0.25, 0.3) is 0 Å². The van der Waals surface area contributed by atoms with E-state index in [0.29, 0.717) is 17.3 Å². The van der Waals surface area contributed by atoms with E-state index < -0.39 is 10.6 Å². The molecular formula is C17H15N5O4. The van der Waals surface area contributed by atoms with Crippen LogP contribution in [0.5, 0.6) is 17.4 Å². The van der Waals surface area contributed by atoms with Crippen LogP contribution in [0.1, 0.15) is 5.69 Å². The molecule has 1 N–H and O–H groups in total. The van der Waals surface area contributed by atoms with Crippen LogP contribution in [-0.2, 0) is 0 Å². The van der Waals surface area contributed by atoms with E-state index in [0.717, 1.165) is 5.69 Å². The van der Waals surface area contributed by atoms with Gasteiger partial charge in [-0.3, -0.25) is 10.1 Å². The molecule has 0 bridgehead atoms. The number of rotatable bonds is 6. The van der Waals surface area contributed by atoms with Crippen LogP contribution in [0.2, 0.25) is 0 Å². The molecule has 0 aliphatic carbocycles. The third-order valence-electron chi connectivity index (χ3n) is 3.38. The Hall–Kier alpha value is -3.75. The first-order valence-electron chi connectivity index (χ1n) is 7.59. The van der Waals surface area contributed by atoms with E-state index >= 15 is 0 Å². The van der Waals surface area contributed by atoms with Gasteiger partial charge in [0.05, 0.1) is 12.0 Å². The Morgan fingerprint density at radius 1 is 1.08 bits per heavy atom. The molecule has 0 saturated heterocycles. The molecule has 0 aliphatic rings. The van der Waals surface area contributed by atoms with Gasteiger partial charge in [0.15, 0.2) is 11.5 Å². The molecule has 3 rings (SSSR count). The molecule has 9 heteroatoms. The molecule has 0 spiro atoms. The minimum Gasteiger partial charge on any atom is -0.493 e. The maximum atomic E-state index is 11.6. The standard InChI is InChI=1S/C17H15N5O4/c1-11-6-5-9-14(20-11)21-16-15(22(23)24)17(19-10-18-16)26-13-8-4-3-7-12(13)25-2/h3-10H,1-2H3,(H,18,19,20,21). The molecule has 9 nitrogen and oxygen atoms in total. The molecule has 0 aliphatic heterocycles. The summed E-state index contributed by atoms with van der Waals surface area (Å²) in [5.41, 5.74) is 0.360. The smallest absolute Gasteiger partial charge is 0.373 e. The lowest BCUT2D eigenvalue weighted by atomic mass is 10.3. The van der Waals surface area contributed by atoms with Crippen molar-refractivity contribution >= 4 is 17.3 Å². The van der Waals surface area contributed by atoms with E-state index in [1.54, 1.807) is 36.4 Å². The summed E-state index contributed by atoms with van der Waals surface area (Å²) in [5, 5.41) is 14.4. The van der Waals surface area contributed by atoms with Crippen LogP contribution >= 0.6 is 0 Å². The number of hydrogen-bond donors (Lipinski definition) is 1. The van der Waals surface area contributed by atoms with Crippen molar-refractivity contribution in [3.8, 4) is 17.4 Å². The average Bonchev–Trinajstić information content (AvgIpc) is 2.62. The summed E-state index contributed by atoms with van der Waals surface area (Å²) in [6.07, 6.45) is 1.18. The van der Waals surface area contributed by atoms with Crippen molar-refractivity contribution in [3.05, 3.63) is 64.6 Å². The largest absolute Gasteiger partial charge is 0.493 e. The number of pyridine rings is 1. The van der Waals surface area contributed by atoms with E-state index in [-0.39, 0.29) is 11.7 Å². The first-order chi connectivity index (χ1) is 12.6. The molecule has 26 heavy (non-hydrogen) atoms. The minimum absolute atomic E-state index is 0.0204. The predicted octanol–water partition coefficient (Wildman–Crippen LogP) is 3.63. The van der Waals surface area contributed by atoms with Crippen LogP contribution in [0, 0.1) is 17.0 Å². The molecule has 0 radical (unpaired) electrons. The van der Waals surface area contributed by atoms with Gasteiger partial charge in [-0.25, -0.2) is 9.97 Å². The molecule has 1 aromatic carbocycles. The Labute approximate surface area is 148 Å². The van der Waals surface area contributed by atoms with Gasteiger partial charge in [-0.15, -0.1) is 0 Å². The number of benzene rings is 1. The van der Waals surface area contributed by atoms with Gasteiger partial charge in [0.1, 0.15) is 12.1 Å². The van der Waals surface area contributed by atoms with Gasteiger partial charge in [-0.1, -0.05) is 18.2 Å². The van der Waals surface area contributed by atoms with Gasteiger partial charge >= 0.3 is 11.6 Å². The highest BCUT2D eigenvalue weighted by Crippen LogP contribution is 2.38. The van der Waals surface area contributed by atoms with E-state index in [4.69, 9.17) is 9.47 Å². The van der Waals surface area contributed by atoms with Gasteiger partial charge in [-0.05, 0) is 31.2 Å². The number of nitrogens with zero attached hydrogens (tertiary/aromatic N) is 4. The van der Waals surface area contributed by atoms with Gasteiger partial charge in [0, 0.05) is 5.69 Å². The lowest BCUT2D eigenvalue weighted by Gasteiger charge is -2.11. The zero-order valence-corrected chi connectivity index (χ0v) is 14.0. The summed E-state index contributed by atoms with van der Waals surface area (Å²) in [7, 11) is 1.48. The highest BCUT2D eigenvalue weighted by atomic mass is 16.6. The number of nitro groups is 1. The van der Waals surface area contributed by atoms with Crippen molar-refractivity contribution in [1.29, 1.82) is 0 Å². The molecule has 0 amide bonds. The highest BCUT2D eigenvalue weighted by Gasteiger charge is 2.26. The second-order valence-electron chi connectivity index (χ2n) is 5.18. The molecule has 2 aromatic heterocycles. The Morgan fingerprint density at radius 2 is 1.85 bits per heavy atom. The second kappa shape index (κ2) is 7.43. The third kappa shape index (κ3) is 3.66. The zero-order chi connectivity index (χ0) is 18.5. The number of ether oxygens (including phenoxy) is 2. The Kier molecular flexibility index (Phi) is 4.88. The first-order valence-corrected chi connectivity index (χ1v) is 7.59. The Bertz CT molecular complexity index is 948. The molecule has 0 fully saturated rings. The van der Waals surface area contributed by atoms with Gasteiger partial charge in [-0.2, -0.15) is 4.98 Å². The van der Waals surface area contributed by atoms with Crippen LogP contribution in [0.4, 0.5) is 17.3 Å². The Balaban J connectivity index is 2.00. The fourth-order valence-corrected chi connectivity index (χ4v) is 2.23. The number of methoxy groups -OCH3 is 1. The molecular weight excluding hydrogens is 338 g/mol. The number of aromatic nitrogens is 3. The van der Waals surface area contributed by atoms with Crippen LogP contribution in [-0.4, -0.2) is 27.0 Å². The number of hydrogen-bond acceptors (Lipinski definition) is 8. The third-order valence-corrected chi connectivity index (χ3v) is 3.38. The number of para-hydroxylation sites is 2. The minimum atomic E-state index is -0.608. The number of nitrogens with one attached hydrogen (secondary N) is 1. The quantitative estimate of drug-likeness (QED) is 0.528. The van der Waals surface area contributed by atoms with Crippen LogP contribution < -0.4 is 14.8 Å². The Morgan fingerprint density at radius 3 is 2.54 bits per heavy atom. The van der Waals surface area contributed by atoms with Crippen molar-refractivity contribution in [2.24, 2.45) is 0 Å². The fraction of sp³-hybridized carbons (Fsp3) is 0.118. The van der Waals surface area contributed by atoms with Gasteiger partial charge in [0.2, 0.25) is 5.82 Å². The van der Waals surface area contributed by atoms with E-state index in [2.05, 4.69) is 20.3 Å². The van der Waals surface area contributed by atoms with Crippen molar-refractivity contribution in [3.63, 3.8) is 0 Å². The predicted molar refractivity (Wildman–Crippen MR) is 94.0 cm³/mol. The first kappa shape index (κ1) is 17.1. The maximum Gasteiger partial charge on any atom is 0.373 e. The molecule has 2 heterocycles. The zero-order valence-electron chi connectivity index (χ0n) is 14.0. The number of aryl methyl sites for hydroxylation is 1. The van der Waals surface area contributed by atoms with Crippen LogP contribution in [0.3, 0.4) is 0 Å². The summed E-state index contributed by atoms with van der Waals surface area (Å²) in [4.78, 5) is 23.1. The topological polar surface area (TPSA) is 112 Å². The average molecular weight is 353 g/mol. The normalized spacial score (nSPS) is 10.2. The van der Waals surface area contributed by atoms with Gasteiger partial charge < -0.3 is 14.8 Å². The monoisotopic (exact) mass is 353 g/mol. The van der Waals surface area contributed by atoms with Crippen molar-refractivity contribution in [2.45, 2.75) is 6.92 Å². The molecule has 132 valence electrons. The van der Waals surface area contributed by atoms with E-state index in [1.807, 2.05) is 13.0 Å². The summed E-state index contributed by atoms with van der Waals surface area (Å²) in [6.45, 7) is 1.82. The lowest BCUT2D eigenvalue weighted by molar-refractivity contribution is -0.385. The maximum absolute atomic E-state index is 11.6. The molecule has 0 saturated carbocycles. The van der Waals surface area contributed by atoms with Crippen molar-refractivity contribution in [1.82, 2.24) is 15.0 Å². The lowest BCUT2D eigenvalue weighted by Crippen LogP contribution is -2.05. The summed E-state index contributed by atoms with van der Waals surface area (Å²) in [6, 6.07) is 12.1. The fourth-order valence-electron chi connectivity index (χ4n) is 2.23. The summed E-state index contributed by atoms with van der Waals surface area (Å²) < 4.78 is 10.8. The van der Waals surface area contributed by atoms with E-state index in [9.17, 15) is 10.1 Å². The molecule has 0 atom stereocenters. The molecule has 0 unspecified atom stereocenters. The molecule has 3 aromatic rings. The van der Waals surface area contributed by atoms with Crippen molar-refractivity contribution in [2.75, 3.05) is 12.4 Å². The van der Waals surface area contributed by atoms with E-state index in [1.165, 1.54) is 13.4 Å². The summed E-state index contributed by atoms with van der Waals surface area (Å²) >= 11 is 0. The summed E-state index contributed by atoms with van der Waals surface area (Å²) in [5.74, 6) is 0.930. The van der Waals surface area contributed by atoms with Crippen LogP contribution in [0.15, 0.2) is 48.8 Å². The van der Waals surface area contributed by atoms with Crippen molar-refractivity contribution < 1.29 is 14.4 Å².